The maximum absolute atomic E-state index is 12.3. The number of hydrogen-bond donors (Lipinski definition) is 3. The number of sulfonamides is 1. The average molecular weight is 428 g/mol. The molecule has 8 heteroatoms. The Morgan fingerprint density at radius 3 is 2.50 bits per heavy atom. The minimum absolute atomic E-state index is 0.0635. The SMILES string of the molecule is CC(C)(C)S(=O)(=O)NC1CCC(CNCCSc2cccc(C(N)=O)c2)CC1. The fraction of sp³-hybridized carbons (Fsp3) is 0.650. The lowest BCUT2D eigenvalue weighted by atomic mass is 9.86. The summed E-state index contributed by atoms with van der Waals surface area (Å²) in [6.45, 7) is 7.04. The van der Waals surface area contributed by atoms with Crippen LogP contribution in [0.15, 0.2) is 29.2 Å². The Bertz CT molecular complexity index is 752. The zero-order valence-corrected chi connectivity index (χ0v) is 18.7. The van der Waals surface area contributed by atoms with E-state index in [9.17, 15) is 13.2 Å². The number of carbonyl (C=O) groups excluding carboxylic acids is 1. The van der Waals surface area contributed by atoms with E-state index >= 15 is 0 Å². The Kier molecular flexibility index (Phi) is 8.36. The third kappa shape index (κ3) is 7.06. The van der Waals surface area contributed by atoms with Gasteiger partial charge in [0, 0.05) is 28.8 Å². The van der Waals surface area contributed by atoms with Crippen LogP contribution in [0.1, 0.15) is 56.8 Å². The van der Waals surface area contributed by atoms with Crippen molar-refractivity contribution in [1.29, 1.82) is 0 Å². The molecule has 6 nitrogen and oxygen atoms in total. The summed E-state index contributed by atoms with van der Waals surface area (Å²) in [5.74, 6) is 1.11. The van der Waals surface area contributed by atoms with E-state index < -0.39 is 20.7 Å². The predicted molar refractivity (Wildman–Crippen MR) is 116 cm³/mol. The van der Waals surface area contributed by atoms with Gasteiger partial charge in [-0.2, -0.15) is 0 Å². The smallest absolute Gasteiger partial charge is 0.248 e. The second-order valence-electron chi connectivity index (χ2n) is 8.40. The number of nitrogens with two attached hydrogens (primary N) is 1. The van der Waals surface area contributed by atoms with E-state index in [1.807, 2.05) is 18.2 Å². The van der Waals surface area contributed by atoms with Crippen LogP contribution in [-0.2, 0) is 10.0 Å². The number of hydrogen-bond acceptors (Lipinski definition) is 5. The molecule has 0 spiro atoms. The molecular weight excluding hydrogens is 394 g/mol. The predicted octanol–water partition coefficient (Wildman–Crippen LogP) is 2.74. The molecule has 1 saturated carbocycles. The molecule has 1 fully saturated rings. The van der Waals surface area contributed by atoms with Crippen LogP contribution >= 0.6 is 11.8 Å². The highest BCUT2D eigenvalue weighted by atomic mass is 32.2. The number of rotatable bonds is 9. The number of primary amides is 1. The molecule has 28 heavy (non-hydrogen) atoms. The van der Waals surface area contributed by atoms with Gasteiger partial charge in [0.2, 0.25) is 15.9 Å². The van der Waals surface area contributed by atoms with Crippen LogP contribution in [0.5, 0.6) is 0 Å². The van der Waals surface area contributed by atoms with Crippen LogP contribution in [-0.4, -0.2) is 44.0 Å². The molecule has 0 aliphatic heterocycles. The van der Waals surface area contributed by atoms with Gasteiger partial charge in [-0.3, -0.25) is 4.79 Å². The van der Waals surface area contributed by atoms with Crippen LogP contribution in [0.4, 0.5) is 0 Å². The standard InChI is InChI=1S/C20H33N3O3S2/c1-20(2,3)28(25,26)23-17-9-7-15(8-10-17)14-22-11-12-27-18-6-4-5-16(13-18)19(21)24/h4-6,13,15,17,22-23H,7-12,14H2,1-3H3,(H2,21,24). The van der Waals surface area contributed by atoms with Crippen molar-refractivity contribution in [3.63, 3.8) is 0 Å². The lowest BCUT2D eigenvalue weighted by Crippen LogP contribution is -2.46. The van der Waals surface area contributed by atoms with Crippen LogP contribution < -0.4 is 15.8 Å². The molecule has 2 rings (SSSR count). The summed E-state index contributed by atoms with van der Waals surface area (Å²) < 4.78 is 26.7. The maximum Gasteiger partial charge on any atom is 0.248 e. The number of nitrogens with one attached hydrogen (secondary N) is 2. The van der Waals surface area contributed by atoms with Gasteiger partial charge in [-0.15, -0.1) is 11.8 Å². The molecule has 0 saturated heterocycles. The van der Waals surface area contributed by atoms with Crippen molar-refractivity contribution >= 4 is 27.7 Å². The van der Waals surface area contributed by atoms with Gasteiger partial charge >= 0.3 is 0 Å². The number of amides is 1. The topological polar surface area (TPSA) is 101 Å². The third-order valence-electron chi connectivity index (χ3n) is 5.07. The summed E-state index contributed by atoms with van der Waals surface area (Å²) in [4.78, 5) is 12.3. The first-order valence-corrected chi connectivity index (χ1v) is 12.3. The summed E-state index contributed by atoms with van der Waals surface area (Å²) in [6, 6.07) is 7.45. The molecule has 4 N–H and O–H groups in total. The first-order valence-electron chi connectivity index (χ1n) is 9.84. The molecule has 0 atom stereocenters. The summed E-state index contributed by atoms with van der Waals surface area (Å²) in [7, 11) is -3.27. The molecular formula is C20H33N3O3S2. The zero-order valence-electron chi connectivity index (χ0n) is 17.0. The molecule has 0 heterocycles. The van der Waals surface area contributed by atoms with E-state index in [-0.39, 0.29) is 6.04 Å². The van der Waals surface area contributed by atoms with Gasteiger partial charge in [0.25, 0.3) is 0 Å². The van der Waals surface area contributed by atoms with Gasteiger partial charge in [-0.05, 0) is 77.1 Å². The molecule has 1 aromatic carbocycles. The van der Waals surface area contributed by atoms with Crippen molar-refractivity contribution in [2.45, 2.75) is 62.1 Å². The van der Waals surface area contributed by atoms with Gasteiger partial charge in [0.05, 0.1) is 4.75 Å². The molecule has 0 unspecified atom stereocenters. The van der Waals surface area contributed by atoms with Crippen LogP contribution in [0.3, 0.4) is 0 Å². The highest BCUT2D eigenvalue weighted by Crippen LogP contribution is 2.26. The Morgan fingerprint density at radius 1 is 1.21 bits per heavy atom. The molecule has 0 radical (unpaired) electrons. The fourth-order valence-corrected chi connectivity index (χ4v) is 5.06. The van der Waals surface area contributed by atoms with E-state index in [1.165, 1.54) is 0 Å². The van der Waals surface area contributed by atoms with Crippen molar-refractivity contribution in [2.24, 2.45) is 11.7 Å². The number of carbonyl (C=O) groups is 1. The minimum atomic E-state index is -3.27. The second-order valence-corrected chi connectivity index (χ2v) is 12.0. The fourth-order valence-electron chi connectivity index (χ4n) is 3.17. The Morgan fingerprint density at radius 2 is 1.89 bits per heavy atom. The highest BCUT2D eigenvalue weighted by Gasteiger charge is 2.32. The highest BCUT2D eigenvalue weighted by molar-refractivity contribution is 7.99. The quantitative estimate of drug-likeness (QED) is 0.415. The van der Waals surface area contributed by atoms with Gasteiger partial charge in [-0.1, -0.05) is 6.07 Å². The maximum atomic E-state index is 12.3. The van der Waals surface area contributed by atoms with Crippen molar-refractivity contribution < 1.29 is 13.2 Å². The summed E-state index contributed by atoms with van der Waals surface area (Å²) in [5, 5.41) is 3.50. The second kappa shape index (κ2) is 10.1. The molecule has 1 aromatic rings. The van der Waals surface area contributed by atoms with E-state index in [0.29, 0.717) is 11.5 Å². The summed E-state index contributed by atoms with van der Waals surface area (Å²) in [5.41, 5.74) is 5.85. The van der Waals surface area contributed by atoms with Crippen LogP contribution in [0.2, 0.25) is 0 Å². The lowest BCUT2D eigenvalue weighted by Gasteiger charge is -2.31. The molecule has 1 aliphatic carbocycles. The number of thioether (sulfide) groups is 1. The summed E-state index contributed by atoms with van der Waals surface area (Å²) >= 11 is 1.70. The minimum Gasteiger partial charge on any atom is -0.366 e. The number of benzene rings is 1. The van der Waals surface area contributed by atoms with Gasteiger partial charge < -0.3 is 11.1 Å². The Balaban J connectivity index is 1.63. The van der Waals surface area contributed by atoms with Crippen molar-refractivity contribution in [2.75, 3.05) is 18.8 Å². The molecule has 158 valence electrons. The normalized spacial score (nSPS) is 20.8. The third-order valence-corrected chi connectivity index (χ3v) is 8.33. The molecule has 1 amide bonds. The lowest BCUT2D eigenvalue weighted by molar-refractivity contribution is 0.1000. The average Bonchev–Trinajstić information content (AvgIpc) is 2.62. The van der Waals surface area contributed by atoms with E-state index in [4.69, 9.17) is 5.73 Å². The Hall–Kier alpha value is -1.09. The Labute approximate surface area is 173 Å². The van der Waals surface area contributed by atoms with Crippen LogP contribution in [0, 0.1) is 5.92 Å². The molecule has 0 aromatic heterocycles. The summed E-state index contributed by atoms with van der Waals surface area (Å²) in [6.07, 6.45) is 3.88. The van der Waals surface area contributed by atoms with Crippen molar-refractivity contribution in [3.8, 4) is 0 Å². The molecule has 0 bridgehead atoms. The first-order chi connectivity index (χ1) is 13.1. The van der Waals surface area contributed by atoms with Crippen molar-refractivity contribution in [1.82, 2.24) is 10.0 Å². The van der Waals surface area contributed by atoms with Crippen molar-refractivity contribution in [3.05, 3.63) is 29.8 Å². The first kappa shape index (κ1) is 23.2. The monoisotopic (exact) mass is 427 g/mol. The van der Waals surface area contributed by atoms with Gasteiger partial charge in [-0.25, -0.2) is 13.1 Å². The van der Waals surface area contributed by atoms with Crippen LogP contribution in [0.25, 0.3) is 0 Å². The molecule has 1 aliphatic rings. The largest absolute Gasteiger partial charge is 0.366 e. The van der Waals surface area contributed by atoms with Gasteiger partial charge in [0.15, 0.2) is 0 Å². The van der Waals surface area contributed by atoms with E-state index in [2.05, 4.69) is 10.0 Å². The van der Waals surface area contributed by atoms with E-state index in [1.54, 1.807) is 38.6 Å². The van der Waals surface area contributed by atoms with E-state index in [0.717, 1.165) is 49.4 Å². The van der Waals surface area contributed by atoms with Gasteiger partial charge in [0.1, 0.15) is 0 Å². The zero-order chi connectivity index (χ0) is 20.8.